The van der Waals surface area contributed by atoms with Crippen molar-refractivity contribution >= 4 is 21.8 Å². The lowest BCUT2D eigenvalue weighted by molar-refractivity contribution is -0.123. The number of carbonyl (C=O) groups excluding carboxylic acids is 1. The van der Waals surface area contributed by atoms with Crippen molar-refractivity contribution in [2.24, 2.45) is 5.92 Å². The molecule has 0 saturated heterocycles. The number of carbonyl (C=O) groups is 1. The summed E-state index contributed by atoms with van der Waals surface area (Å²) in [4.78, 5) is 12.4. The first-order valence-electron chi connectivity index (χ1n) is 7.18. The second kappa shape index (κ2) is 6.27. The van der Waals surface area contributed by atoms with Gasteiger partial charge in [-0.05, 0) is 42.9 Å². The molecule has 1 aliphatic carbocycles. The summed E-state index contributed by atoms with van der Waals surface area (Å²) in [6, 6.07) is 7.98. The summed E-state index contributed by atoms with van der Waals surface area (Å²) in [6.07, 6.45) is 2.08. The van der Waals surface area contributed by atoms with E-state index in [4.69, 9.17) is 0 Å². The normalized spacial score (nSPS) is 17.9. The van der Waals surface area contributed by atoms with Crippen LogP contribution in [0.1, 0.15) is 38.7 Å². The molecule has 0 bridgehead atoms. The van der Waals surface area contributed by atoms with Crippen LogP contribution in [0.25, 0.3) is 0 Å². The van der Waals surface area contributed by atoms with E-state index >= 15 is 0 Å². The third kappa shape index (κ3) is 3.41. The molecule has 0 radical (unpaired) electrons. The number of aliphatic hydroxyl groups excluding tert-OH is 1. The fourth-order valence-electron chi connectivity index (χ4n) is 2.38. The van der Waals surface area contributed by atoms with Crippen LogP contribution in [0.4, 0.5) is 0 Å². The van der Waals surface area contributed by atoms with Gasteiger partial charge in [-0.15, -0.1) is 0 Å². The molecule has 20 heavy (non-hydrogen) atoms. The van der Waals surface area contributed by atoms with Crippen molar-refractivity contribution in [3.8, 4) is 0 Å². The molecule has 2 rings (SSSR count). The Bertz CT molecular complexity index is 466. The zero-order valence-electron chi connectivity index (χ0n) is 12.0. The number of halogens is 1. The molecule has 3 nitrogen and oxygen atoms in total. The van der Waals surface area contributed by atoms with Crippen LogP contribution in [-0.4, -0.2) is 23.7 Å². The Morgan fingerprint density at radius 2 is 1.95 bits per heavy atom. The highest BCUT2D eigenvalue weighted by Crippen LogP contribution is 2.48. The Hall–Kier alpha value is -0.870. The third-order valence-corrected chi connectivity index (χ3v) is 4.61. The second-order valence-electron chi connectivity index (χ2n) is 5.94. The lowest BCUT2D eigenvalue weighted by Crippen LogP contribution is -2.36. The van der Waals surface area contributed by atoms with Gasteiger partial charge in [0, 0.05) is 11.0 Å². The van der Waals surface area contributed by atoms with Gasteiger partial charge in [-0.2, -0.15) is 0 Å². The van der Waals surface area contributed by atoms with Crippen LogP contribution in [0.5, 0.6) is 0 Å². The third-order valence-electron chi connectivity index (χ3n) is 4.08. The van der Waals surface area contributed by atoms with Crippen LogP contribution in [0, 0.1) is 5.92 Å². The summed E-state index contributed by atoms with van der Waals surface area (Å²) in [6.45, 7) is 4.50. The van der Waals surface area contributed by atoms with E-state index in [1.54, 1.807) is 0 Å². The molecule has 1 aromatic carbocycles. The Morgan fingerprint density at radius 3 is 2.45 bits per heavy atom. The van der Waals surface area contributed by atoms with Crippen LogP contribution in [-0.2, 0) is 10.2 Å². The molecule has 1 atom stereocenters. The van der Waals surface area contributed by atoms with Crippen molar-refractivity contribution < 1.29 is 9.90 Å². The Kier molecular flexibility index (Phi) is 4.86. The minimum Gasteiger partial charge on any atom is -0.393 e. The predicted octanol–water partition coefficient (Wildman–Crippen LogP) is 3.00. The van der Waals surface area contributed by atoms with E-state index in [0.717, 1.165) is 22.9 Å². The molecular weight excluding hydrogens is 318 g/mol. The summed E-state index contributed by atoms with van der Waals surface area (Å²) in [5, 5.41) is 12.7. The highest BCUT2D eigenvalue weighted by molar-refractivity contribution is 9.10. The van der Waals surface area contributed by atoms with E-state index in [1.165, 1.54) is 0 Å². The van der Waals surface area contributed by atoms with Gasteiger partial charge in [-0.1, -0.05) is 41.9 Å². The number of hydrogen-bond donors (Lipinski definition) is 2. The molecule has 110 valence electrons. The van der Waals surface area contributed by atoms with Crippen LogP contribution in [0.2, 0.25) is 0 Å². The van der Waals surface area contributed by atoms with Crippen LogP contribution in [0.3, 0.4) is 0 Å². The molecule has 1 fully saturated rings. The van der Waals surface area contributed by atoms with Crippen molar-refractivity contribution in [3.05, 3.63) is 34.3 Å². The van der Waals surface area contributed by atoms with E-state index in [9.17, 15) is 9.90 Å². The quantitative estimate of drug-likeness (QED) is 0.836. The van der Waals surface area contributed by atoms with Gasteiger partial charge in [0.15, 0.2) is 0 Å². The molecule has 0 aliphatic heterocycles. The largest absolute Gasteiger partial charge is 0.393 e. The van der Waals surface area contributed by atoms with Crippen molar-refractivity contribution in [1.29, 1.82) is 0 Å². The Labute approximate surface area is 128 Å². The maximum atomic E-state index is 12.4. The number of hydrogen-bond acceptors (Lipinski definition) is 2. The van der Waals surface area contributed by atoms with Crippen LogP contribution >= 0.6 is 15.9 Å². The molecular formula is C16H22BrNO2. The van der Waals surface area contributed by atoms with Gasteiger partial charge in [-0.25, -0.2) is 0 Å². The molecule has 4 heteroatoms. The summed E-state index contributed by atoms with van der Waals surface area (Å²) in [5.41, 5.74) is 0.756. The maximum absolute atomic E-state index is 12.4. The monoisotopic (exact) mass is 339 g/mol. The van der Waals surface area contributed by atoms with Gasteiger partial charge in [-0.3, -0.25) is 4.79 Å². The molecule has 0 heterocycles. The molecule has 2 N–H and O–H groups in total. The topological polar surface area (TPSA) is 49.3 Å². The van der Waals surface area contributed by atoms with E-state index in [1.807, 2.05) is 38.1 Å². The van der Waals surface area contributed by atoms with E-state index in [0.29, 0.717) is 13.0 Å². The van der Waals surface area contributed by atoms with Crippen molar-refractivity contribution in [2.45, 2.75) is 44.6 Å². The first-order chi connectivity index (χ1) is 9.45. The number of nitrogens with one attached hydrogen (secondary N) is 1. The summed E-state index contributed by atoms with van der Waals surface area (Å²) < 4.78 is 1.03. The zero-order chi connectivity index (χ0) is 14.8. The van der Waals surface area contributed by atoms with E-state index in [2.05, 4.69) is 21.2 Å². The highest BCUT2D eigenvalue weighted by atomic mass is 79.9. The number of rotatable bonds is 6. The summed E-state index contributed by atoms with van der Waals surface area (Å²) in [5.74, 6) is 0.323. The minimum atomic E-state index is -0.349. The molecule has 1 aromatic rings. The van der Waals surface area contributed by atoms with Gasteiger partial charge in [0.2, 0.25) is 5.91 Å². The maximum Gasteiger partial charge on any atom is 0.230 e. The fraction of sp³-hybridized carbons (Fsp3) is 0.562. The average Bonchev–Trinajstić information content (AvgIpc) is 3.20. The van der Waals surface area contributed by atoms with Crippen molar-refractivity contribution in [3.63, 3.8) is 0 Å². The first kappa shape index (κ1) is 15.5. The first-order valence-corrected chi connectivity index (χ1v) is 7.97. The molecule has 1 unspecified atom stereocenters. The molecule has 1 aliphatic rings. The molecule has 0 spiro atoms. The van der Waals surface area contributed by atoms with Crippen LogP contribution < -0.4 is 5.32 Å². The standard InChI is InChI=1S/C16H22BrNO2/c1-11(2)14(19)7-10-18-15(20)16(8-9-16)12-3-5-13(17)6-4-12/h3-6,11,14,19H,7-10H2,1-2H3,(H,18,20). The number of amides is 1. The lowest BCUT2D eigenvalue weighted by atomic mass is 9.95. The Morgan fingerprint density at radius 1 is 1.35 bits per heavy atom. The van der Waals surface area contributed by atoms with Crippen molar-refractivity contribution in [1.82, 2.24) is 5.32 Å². The molecule has 1 amide bonds. The van der Waals surface area contributed by atoms with E-state index in [-0.39, 0.29) is 23.3 Å². The second-order valence-corrected chi connectivity index (χ2v) is 6.86. The fourth-order valence-corrected chi connectivity index (χ4v) is 2.64. The summed E-state index contributed by atoms with van der Waals surface area (Å²) >= 11 is 3.41. The van der Waals surface area contributed by atoms with Gasteiger partial charge in [0.1, 0.15) is 0 Å². The number of aliphatic hydroxyl groups is 1. The number of benzene rings is 1. The van der Waals surface area contributed by atoms with Gasteiger partial charge >= 0.3 is 0 Å². The zero-order valence-corrected chi connectivity index (χ0v) is 13.6. The molecule has 0 aromatic heterocycles. The van der Waals surface area contributed by atoms with Gasteiger partial charge < -0.3 is 10.4 Å². The highest BCUT2D eigenvalue weighted by Gasteiger charge is 2.50. The predicted molar refractivity (Wildman–Crippen MR) is 83.5 cm³/mol. The Balaban J connectivity index is 1.90. The average molecular weight is 340 g/mol. The minimum absolute atomic E-state index is 0.0933. The SMILES string of the molecule is CC(C)C(O)CCNC(=O)C1(c2ccc(Br)cc2)CC1. The summed E-state index contributed by atoms with van der Waals surface area (Å²) in [7, 11) is 0. The smallest absolute Gasteiger partial charge is 0.230 e. The van der Waals surface area contributed by atoms with Gasteiger partial charge in [0.25, 0.3) is 0 Å². The van der Waals surface area contributed by atoms with Crippen LogP contribution in [0.15, 0.2) is 28.7 Å². The molecule has 1 saturated carbocycles. The van der Waals surface area contributed by atoms with Crippen molar-refractivity contribution in [2.75, 3.05) is 6.54 Å². The lowest BCUT2D eigenvalue weighted by Gasteiger charge is -2.18. The van der Waals surface area contributed by atoms with Gasteiger partial charge in [0.05, 0.1) is 11.5 Å². The van der Waals surface area contributed by atoms with E-state index < -0.39 is 0 Å².